The molecule has 0 heterocycles. The first-order valence-electron chi connectivity index (χ1n) is 3.25. The average molecular weight is 171 g/mol. The zero-order chi connectivity index (χ0) is 8.97. The summed E-state index contributed by atoms with van der Waals surface area (Å²) in [7, 11) is 1.37. The molecule has 0 aliphatic heterocycles. The van der Waals surface area contributed by atoms with Gasteiger partial charge < -0.3 is 4.84 Å². The largest absolute Gasteiger partial charge is 0.399 e. The van der Waals surface area contributed by atoms with Gasteiger partial charge in [0.25, 0.3) is 0 Å². The van der Waals surface area contributed by atoms with Crippen molar-refractivity contribution < 1.29 is 13.6 Å². The van der Waals surface area contributed by atoms with Crippen LogP contribution in [0.2, 0.25) is 0 Å². The van der Waals surface area contributed by atoms with Gasteiger partial charge in [0.15, 0.2) is 11.6 Å². The van der Waals surface area contributed by atoms with Gasteiger partial charge in [-0.15, -0.1) is 0 Å². The first-order chi connectivity index (χ1) is 5.74. The number of hydrogen-bond acceptors (Lipinski definition) is 2. The maximum absolute atomic E-state index is 12.5. The number of halogens is 2. The predicted octanol–water partition coefficient (Wildman–Crippen LogP) is 1.95. The summed E-state index contributed by atoms with van der Waals surface area (Å²) in [6, 6.07) is 3.48. The van der Waals surface area contributed by atoms with Gasteiger partial charge in [0.1, 0.15) is 7.11 Å². The van der Waals surface area contributed by atoms with Crippen LogP contribution in [0.5, 0.6) is 0 Å². The highest BCUT2D eigenvalue weighted by Crippen LogP contribution is 2.06. The zero-order valence-corrected chi connectivity index (χ0v) is 6.42. The average Bonchev–Trinajstić information content (AvgIpc) is 2.07. The highest BCUT2D eigenvalue weighted by Gasteiger charge is 1.99. The van der Waals surface area contributed by atoms with E-state index in [0.717, 1.165) is 12.1 Å². The summed E-state index contributed by atoms with van der Waals surface area (Å²) in [5, 5.41) is 3.40. The van der Waals surface area contributed by atoms with Crippen LogP contribution in [0.25, 0.3) is 0 Å². The quantitative estimate of drug-likeness (QED) is 0.492. The number of nitrogens with zero attached hydrogens (tertiary/aromatic N) is 1. The Morgan fingerprint density at radius 3 is 2.67 bits per heavy atom. The molecule has 0 aromatic heterocycles. The van der Waals surface area contributed by atoms with E-state index in [2.05, 4.69) is 9.99 Å². The van der Waals surface area contributed by atoms with Crippen LogP contribution in [0, 0.1) is 11.6 Å². The standard InChI is InChI=1S/C8H7F2NO/c1-12-11-5-6-2-3-7(9)8(10)4-6/h2-5H,1H3/b11-5+. The molecule has 12 heavy (non-hydrogen) atoms. The Morgan fingerprint density at radius 1 is 1.33 bits per heavy atom. The second-order valence-electron chi connectivity index (χ2n) is 2.09. The summed E-state index contributed by atoms with van der Waals surface area (Å²) in [5.41, 5.74) is 0.454. The molecule has 0 N–H and O–H groups in total. The van der Waals surface area contributed by atoms with E-state index in [0.29, 0.717) is 5.56 Å². The van der Waals surface area contributed by atoms with Crippen LogP contribution in [0.1, 0.15) is 5.56 Å². The van der Waals surface area contributed by atoms with Crippen molar-refractivity contribution in [1.29, 1.82) is 0 Å². The second-order valence-corrected chi connectivity index (χ2v) is 2.09. The van der Waals surface area contributed by atoms with Crippen molar-refractivity contribution in [2.75, 3.05) is 7.11 Å². The topological polar surface area (TPSA) is 21.6 Å². The fourth-order valence-electron chi connectivity index (χ4n) is 0.706. The lowest BCUT2D eigenvalue weighted by Gasteiger charge is -1.93. The molecule has 0 atom stereocenters. The number of hydrogen-bond donors (Lipinski definition) is 0. The van der Waals surface area contributed by atoms with E-state index in [1.165, 1.54) is 19.4 Å². The molecule has 1 aromatic rings. The molecule has 0 saturated carbocycles. The predicted molar refractivity (Wildman–Crippen MR) is 41.0 cm³/mol. The minimum absolute atomic E-state index is 0.454. The van der Waals surface area contributed by atoms with E-state index in [1.54, 1.807) is 0 Å². The third-order valence-corrected chi connectivity index (χ3v) is 1.25. The molecule has 2 nitrogen and oxygen atoms in total. The van der Waals surface area contributed by atoms with Gasteiger partial charge >= 0.3 is 0 Å². The highest BCUT2D eigenvalue weighted by molar-refractivity contribution is 5.78. The Bertz CT molecular complexity index is 299. The fraction of sp³-hybridized carbons (Fsp3) is 0.125. The van der Waals surface area contributed by atoms with Crippen LogP contribution in [0.4, 0.5) is 8.78 Å². The summed E-state index contributed by atoms with van der Waals surface area (Å²) in [4.78, 5) is 4.37. The van der Waals surface area contributed by atoms with Crippen LogP contribution in [0.3, 0.4) is 0 Å². The molecule has 64 valence electrons. The number of rotatable bonds is 2. The van der Waals surface area contributed by atoms with Crippen molar-refractivity contribution in [2.45, 2.75) is 0 Å². The van der Waals surface area contributed by atoms with Gasteiger partial charge in [0.05, 0.1) is 6.21 Å². The maximum atomic E-state index is 12.5. The Morgan fingerprint density at radius 2 is 2.08 bits per heavy atom. The van der Waals surface area contributed by atoms with Crippen LogP contribution < -0.4 is 0 Å². The Hall–Kier alpha value is -1.45. The van der Waals surface area contributed by atoms with Crippen molar-refractivity contribution in [3.05, 3.63) is 35.4 Å². The molecule has 0 spiro atoms. The minimum Gasteiger partial charge on any atom is -0.399 e. The van der Waals surface area contributed by atoms with Gasteiger partial charge in [-0.25, -0.2) is 8.78 Å². The lowest BCUT2D eigenvalue weighted by molar-refractivity contribution is 0.215. The molecule has 0 bridgehead atoms. The molecule has 0 aliphatic carbocycles. The van der Waals surface area contributed by atoms with Crippen LogP contribution in [0.15, 0.2) is 23.4 Å². The molecule has 4 heteroatoms. The van der Waals surface area contributed by atoms with Crippen molar-refractivity contribution in [1.82, 2.24) is 0 Å². The van der Waals surface area contributed by atoms with E-state index in [9.17, 15) is 8.78 Å². The van der Waals surface area contributed by atoms with Gasteiger partial charge in [0.2, 0.25) is 0 Å². The molecule has 0 saturated heterocycles. The highest BCUT2D eigenvalue weighted by atomic mass is 19.2. The molecule has 0 unspecified atom stereocenters. The number of oxime groups is 1. The molecule has 0 radical (unpaired) electrons. The summed E-state index contributed by atoms with van der Waals surface area (Å²) in [6.07, 6.45) is 1.29. The molecule has 0 aliphatic rings. The second kappa shape index (κ2) is 3.80. The lowest BCUT2D eigenvalue weighted by Crippen LogP contribution is -1.87. The first-order valence-corrected chi connectivity index (χ1v) is 3.25. The summed E-state index contributed by atoms with van der Waals surface area (Å²) < 4.78 is 24.9. The summed E-state index contributed by atoms with van der Waals surface area (Å²) in [5.74, 6) is -1.76. The maximum Gasteiger partial charge on any atom is 0.159 e. The van der Waals surface area contributed by atoms with Crippen molar-refractivity contribution >= 4 is 6.21 Å². The van der Waals surface area contributed by atoms with Gasteiger partial charge in [-0.2, -0.15) is 0 Å². The third-order valence-electron chi connectivity index (χ3n) is 1.25. The normalized spacial score (nSPS) is 10.6. The van der Waals surface area contributed by atoms with Crippen molar-refractivity contribution in [3.8, 4) is 0 Å². The van der Waals surface area contributed by atoms with E-state index < -0.39 is 11.6 Å². The smallest absolute Gasteiger partial charge is 0.159 e. The van der Waals surface area contributed by atoms with E-state index in [4.69, 9.17) is 0 Å². The van der Waals surface area contributed by atoms with Crippen molar-refractivity contribution in [3.63, 3.8) is 0 Å². The molecule has 0 fully saturated rings. The Kier molecular flexibility index (Phi) is 2.74. The minimum atomic E-state index is -0.893. The zero-order valence-electron chi connectivity index (χ0n) is 6.42. The molecule has 0 amide bonds. The van der Waals surface area contributed by atoms with Crippen LogP contribution in [-0.2, 0) is 4.84 Å². The van der Waals surface area contributed by atoms with E-state index >= 15 is 0 Å². The van der Waals surface area contributed by atoms with Gasteiger partial charge in [-0.05, 0) is 17.7 Å². The first kappa shape index (κ1) is 8.64. The lowest BCUT2D eigenvalue weighted by atomic mass is 10.2. The van der Waals surface area contributed by atoms with Crippen molar-refractivity contribution in [2.24, 2.45) is 5.16 Å². The molecule has 1 rings (SSSR count). The third kappa shape index (κ3) is 2.02. The fourth-order valence-corrected chi connectivity index (χ4v) is 0.706. The van der Waals surface area contributed by atoms with Gasteiger partial charge in [0, 0.05) is 0 Å². The SMILES string of the molecule is CO/N=C/c1ccc(F)c(F)c1. The van der Waals surface area contributed by atoms with Gasteiger partial charge in [-0.1, -0.05) is 11.2 Å². The summed E-state index contributed by atoms with van der Waals surface area (Å²) >= 11 is 0. The monoisotopic (exact) mass is 171 g/mol. The number of benzene rings is 1. The van der Waals surface area contributed by atoms with E-state index in [-0.39, 0.29) is 0 Å². The molecular formula is C8H7F2NO. The molecular weight excluding hydrogens is 164 g/mol. The van der Waals surface area contributed by atoms with Crippen LogP contribution >= 0.6 is 0 Å². The van der Waals surface area contributed by atoms with E-state index in [1.807, 2.05) is 0 Å². The molecule has 1 aromatic carbocycles. The van der Waals surface area contributed by atoms with Crippen LogP contribution in [-0.4, -0.2) is 13.3 Å². The van der Waals surface area contributed by atoms with Gasteiger partial charge in [-0.3, -0.25) is 0 Å². The Balaban J connectivity index is 2.89. The Labute approximate surface area is 68.5 Å². The summed E-state index contributed by atoms with van der Waals surface area (Å²) in [6.45, 7) is 0.